The Labute approximate surface area is 233 Å². The number of phenolic OH excluding ortho intramolecular Hbond substituents is 1. The Kier molecular flexibility index (Phi) is 5.05. The predicted octanol–water partition coefficient (Wildman–Crippen LogP) is 4.51. The van der Waals surface area contributed by atoms with E-state index in [2.05, 4.69) is 13.8 Å². The molecule has 3 saturated carbocycles. The fraction of sp³-hybridized carbons (Fsp3) is 0.645. The van der Waals surface area contributed by atoms with Crippen molar-refractivity contribution in [1.29, 1.82) is 0 Å². The predicted molar refractivity (Wildman–Crippen MR) is 142 cm³/mol. The number of hydrogen-bond donors (Lipinski definition) is 2. The van der Waals surface area contributed by atoms with E-state index in [0.29, 0.717) is 12.8 Å². The van der Waals surface area contributed by atoms with Gasteiger partial charge < -0.3 is 29.2 Å². The van der Waals surface area contributed by atoms with E-state index in [1.165, 1.54) is 0 Å². The zero-order valence-corrected chi connectivity index (χ0v) is 23.2. The van der Waals surface area contributed by atoms with Crippen molar-refractivity contribution in [1.82, 2.24) is 9.78 Å². The van der Waals surface area contributed by atoms with Crippen LogP contribution in [0.15, 0.2) is 36.0 Å². The van der Waals surface area contributed by atoms with Crippen molar-refractivity contribution in [3.8, 4) is 11.4 Å². The fourth-order valence-corrected chi connectivity index (χ4v) is 10.3. The molecular weight excluding hydrogens is 515 g/mol. The van der Waals surface area contributed by atoms with E-state index >= 15 is 4.39 Å². The number of aromatic hydroxyl groups is 1. The molecule has 9 atom stereocenters. The Morgan fingerprint density at radius 1 is 1.12 bits per heavy atom. The summed E-state index contributed by atoms with van der Waals surface area (Å²) in [4.78, 5) is 0. The van der Waals surface area contributed by atoms with Crippen LogP contribution in [0.5, 0.6) is 5.75 Å². The number of hydrogen-bond acceptors (Lipinski definition) is 7. The van der Waals surface area contributed by atoms with E-state index in [4.69, 9.17) is 24.0 Å². The summed E-state index contributed by atoms with van der Waals surface area (Å²) >= 11 is 0. The van der Waals surface area contributed by atoms with E-state index in [0.717, 1.165) is 35.4 Å². The molecule has 2 aromatic rings. The molecule has 5 fully saturated rings. The van der Waals surface area contributed by atoms with Gasteiger partial charge in [0, 0.05) is 29.0 Å². The van der Waals surface area contributed by atoms with Gasteiger partial charge in [0.2, 0.25) is 5.79 Å². The van der Waals surface area contributed by atoms with Crippen molar-refractivity contribution in [2.45, 2.75) is 76.0 Å². The van der Waals surface area contributed by atoms with E-state index in [1.807, 2.05) is 25.3 Å². The summed E-state index contributed by atoms with van der Waals surface area (Å²) < 4.78 is 44.3. The molecule has 2 aliphatic heterocycles. The Hall–Kier alpha value is -2.30. The number of aliphatic hydroxyl groups excluding tert-OH is 1. The highest BCUT2D eigenvalue weighted by molar-refractivity contribution is 5.61. The number of nitrogens with zero attached hydrogens (tertiary/aromatic N) is 2. The van der Waals surface area contributed by atoms with Crippen molar-refractivity contribution in [3.63, 3.8) is 0 Å². The molecule has 2 spiro atoms. The van der Waals surface area contributed by atoms with Gasteiger partial charge in [-0.25, -0.2) is 9.07 Å². The lowest BCUT2D eigenvalue weighted by atomic mass is 9.43. The molecule has 214 valence electrons. The summed E-state index contributed by atoms with van der Waals surface area (Å²) in [7, 11) is 0. The Bertz CT molecular complexity index is 1410. The number of rotatable bonds is 1. The summed E-state index contributed by atoms with van der Waals surface area (Å²) in [5.74, 6) is -1.16. The quantitative estimate of drug-likeness (QED) is 0.538. The van der Waals surface area contributed by atoms with Gasteiger partial charge in [-0.2, -0.15) is 5.10 Å². The molecule has 1 aromatic carbocycles. The number of alkyl halides is 1. The maximum Gasteiger partial charge on any atom is 0.227 e. The second kappa shape index (κ2) is 7.95. The van der Waals surface area contributed by atoms with Gasteiger partial charge in [0.1, 0.15) is 23.6 Å². The van der Waals surface area contributed by atoms with Crippen LogP contribution >= 0.6 is 0 Å². The second-order valence-corrected chi connectivity index (χ2v) is 13.5. The third kappa shape index (κ3) is 2.76. The zero-order chi connectivity index (χ0) is 27.7. The fourth-order valence-electron chi connectivity index (χ4n) is 10.3. The molecule has 8 nitrogen and oxygen atoms in total. The van der Waals surface area contributed by atoms with Crippen molar-refractivity contribution in [2.24, 2.45) is 28.6 Å². The minimum Gasteiger partial charge on any atom is -0.508 e. The van der Waals surface area contributed by atoms with Crippen LogP contribution in [-0.2, 0) is 25.4 Å². The number of phenols is 1. The minimum absolute atomic E-state index is 0.00605. The van der Waals surface area contributed by atoms with Gasteiger partial charge in [-0.3, -0.25) is 0 Å². The standard InChI is InChI=1S/C31H37FN2O6/c1-18-9-24-23-8-7-20-10-25-19(14-34(33-25)21-5-4-6-22(35)11-21)12-27(20,2)30(23,32)26(36)13-28(24,3)31(18)29(39-17-40-31)15-37-16-38-29/h4-6,10-11,14,18,23-24,26,35-36H,7-9,12-13,15-17H2,1-3H3/t18-,23+,24+,26+,27+,28+,29-,30+,31-/m1/s1. The SMILES string of the molecule is C[C@@H]1C[C@H]2[C@@H]3CCC4=Cc5nn(-c6cccc(O)c6)cc5C[C@]4(C)[C@@]3(F)[C@@H](O)C[C@]2(C)[C@]12OCO[C@]21COCO1. The van der Waals surface area contributed by atoms with Gasteiger partial charge in [-0.05, 0) is 67.7 Å². The monoisotopic (exact) mass is 552 g/mol. The summed E-state index contributed by atoms with van der Waals surface area (Å²) in [5, 5.41) is 26.7. The van der Waals surface area contributed by atoms with Crippen LogP contribution in [0.4, 0.5) is 4.39 Å². The number of aromatic nitrogens is 2. The number of fused-ring (bicyclic) bond motifs is 8. The first-order valence-electron chi connectivity index (χ1n) is 14.5. The molecule has 3 heterocycles. The number of allylic oxidation sites excluding steroid dienone is 1. The first-order chi connectivity index (χ1) is 19.1. The third-order valence-corrected chi connectivity index (χ3v) is 12.0. The molecular formula is C31H37FN2O6. The van der Waals surface area contributed by atoms with Gasteiger partial charge in [-0.1, -0.05) is 32.4 Å². The summed E-state index contributed by atoms with van der Waals surface area (Å²) in [6, 6.07) is 6.95. The zero-order valence-electron chi connectivity index (χ0n) is 23.2. The topological polar surface area (TPSA) is 95.2 Å². The maximum absolute atomic E-state index is 18.1. The lowest BCUT2D eigenvalue weighted by Gasteiger charge is -2.64. The van der Waals surface area contributed by atoms with Crippen LogP contribution in [0, 0.1) is 28.6 Å². The van der Waals surface area contributed by atoms with Crippen molar-refractivity contribution >= 4 is 6.08 Å². The van der Waals surface area contributed by atoms with Crippen molar-refractivity contribution in [3.05, 3.63) is 47.3 Å². The average Bonchev–Trinajstić information content (AvgIpc) is 3.69. The number of aliphatic hydroxyl groups is 1. The molecule has 40 heavy (non-hydrogen) atoms. The smallest absolute Gasteiger partial charge is 0.227 e. The summed E-state index contributed by atoms with van der Waals surface area (Å²) in [5.41, 5.74) is -0.489. The van der Waals surface area contributed by atoms with Gasteiger partial charge in [0.15, 0.2) is 13.6 Å². The van der Waals surface area contributed by atoms with E-state index in [-0.39, 0.29) is 50.1 Å². The normalized spacial score (nSPS) is 47.2. The molecule has 2 saturated heterocycles. The van der Waals surface area contributed by atoms with Crippen molar-refractivity contribution in [2.75, 3.05) is 20.2 Å². The maximum atomic E-state index is 18.1. The van der Waals surface area contributed by atoms with E-state index in [9.17, 15) is 10.2 Å². The van der Waals surface area contributed by atoms with Gasteiger partial charge in [0.05, 0.1) is 17.5 Å². The second-order valence-electron chi connectivity index (χ2n) is 13.5. The van der Waals surface area contributed by atoms with Crippen LogP contribution < -0.4 is 0 Å². The number of ether oxygens (including phenoxy) is 4. The van der Waals surface area contributed by atoms with Crippen LogP contribution in [-0.4, -0.2) is 63.3 Å². The first-order valence-corrected chi connectivity index (χ1v) is 14.5. The van der Waals surface area contributed by atoms with Gasteiger partial charge in [0.25, 0.3) is 0 Å². The van der Waals surface area contributed by atoms with Crippen LogP contribution in [0.2, 0.25) is 0 Å². The molecule has 0 radical (unpaired) electrons. The molecule has 6 aliphatic rings. The van der Waals surface area contributed by atoms with Gasteiger partial charge in [-0.15, -0.1) is 0 Å². The molecule has 8 rings (SSSR count). The molecule has 1 aromatic heterocycles. The lowest BCUT2D eigenvalue weighted by Crippen LogP contribution is -2.72. The van der Waals surface area contributed by atoms with Crippen LogP contribution in [0.3, 0.4) is 0 Å². The molecule has 4 aliphatic carbocycles. The highest BCUT2D eigenvalue weighted by Gasteiger charge is 2.81. The summed E-state index contributed by atoms with van der Waals surface area (Å²) in [6.07, 6.45) is 5.72. The molecule has 2 N–H and O–H groups in total. The average molecular weight is 553 g/mol. The lowest BCUT2D eigenvalue weighted by molar-refractivity contribution is -0.279. The summed E-state index contributed by atoms with van der Waals surface area (Å²) in [6.45, 7) is 6.85. The Balaban J connectivity index is 1.19. The molecule has 0 unspecified atom stereocenters. The Morgan fingerprint density at radius 3 is 2.73 bits per heavy atom. The minimum atomic E-state index is -1.81. The van der Waals surface area contributed by atoms with Crippen molar-refractivity contribution < 1.29 is 33.6 Å². The Morgan fingerprint density at radius 2 is 1.95 bits per heavy atom. The number of benzene rings is 1. The molecule has 9 heteroatoms. The number of halogens is 1. The first kappa shape index (κ1) is 25.4. The van der Waals surface area contributed by atoms with E-state index in [1.54, 1.807) is 22.9 Å². The molecule has 0 bridgehead atoms. The van der Waals surface area contributed by atoms with E-state index < -0.39 is 34.0 Å². The van der Waals surface area contributed by atoms with Crippen LogP contribution in [0.1, 0.15) is 57.7 Å². The molecule has 0 amide bonds. The van der Waals surface area contributed by atoms with Crippen LogP contribution in [0.25, 0.3) is 11.8 Å². The largest absolute Gasteiger partial charge is 0.508 e. The highest BCUT2D eigenvalue weighted by atomic mass is 19.1. The third-order valence-electron chi connectivity index (χ3n) is 12.0. The highest BCUT2D eigenvalue weighted by Crippen LogP contribution is 2.74. The van der Waals surface area contributed by atoms with Gasteiger partial charge >= 0.3 is 0 Å².